The van der Waals surface area contributed by atoms with Crippen LogP contribution in [0, 0.1) is 5.82 Å². The fourth-order valence-electron chi connectivity index (χ4n) is 6.11. The predicted molar refractivity (Wildman–Crippen MR) is 194 cm³/mol. The van der Waals surface area contributed by atoms with E-state index in [1.54, 1.807) is 48.5 Å². The number of hydrogen-bond donors (Lipinski definition) is 3. The van der Waals surface area contributed by atoms with Gasteiger partial charge in [0.2, 0.25) is 5.90 Å². The highest BCUT2D eigenvalue weighted by atomic mass is 19.4. The fraction of sp³-hybridized carbons (Fsp3) is 0.200. The summed E-state index contributed by atoms with van der Waals surface area (Å²) in [5.74, 6) is -1.14. The summed E-state index contributed by atoms with van der Waals surface area (Å²) in [6.07, 6.45) is -5.52. The molecule has 0 bridgehead atoms. The SMILES string of the molecule is [N-]=[N+]=Nc1ccccc1C[C@]1(C(=O)NNCc2cc(F)cc(C(F)(F)F)c2)N=C(c2ccc(OCCCO)cc2)O[C@H]1c1ccc(-c2ccccc2)cc1. The van der Waals surface area contributed by atoms with E-state index >= 15 is 0 Å². The molecule has 0 aliphatic carbocycles. The molecule has 1 heterocycles. The Balaban J connectivity index is 1.41. The molecule has 54 heavy (non-hydrogen) atoms. The average molecular weight is 739 g/mol. The summed E-state index contributed by atoms with van der Waals surface area (Å²) in [7, 11) is 0. The Morgan fingerprint density at radius 1 is 0.926 bits per heavy atom. The van der Waals surface area contributed by atoms with Crippen LogP contribution in [0.1, 0.15) is 40.3 Å². The van der Waals surface area contributed by atoms with Crippen molar-refractivity contribution >= 4 is 17.5 Å². The lowest BCUT2D eigenvalue weighted by Crippen LogP contribution is -2.53. The quantitative estimate of drug-likeness (QED) is 0.0262. The van der Waals surface area contributed by atoms with Crippen molar-refractivity contribution < 1.29 is 36.9 Å². The van der Waals surface area contributed by atoms with Gasteiger partial charge < -0.3 is 14.6 Å². The Bertz CT molecular complexity index is 2160. The highest BCUT2D eigenvalue weighted by Gasteiger charge is 2.53. The first-order valence-electron chi connectivity index (χ1n) is 16.9. The van der Waals surface area contributed by atoms with Crippen LogP contribution in [-0.2, 0) is 28.7 Å². The lowest BCUT2D eigenvalue weighted by atomic mass is 9.81. The molecule has 0 unspecified atom stereocenters. The number of nitrogens with zero attached hydrogens (tertiary/aromatic N) is 4. The molecule has 10 nitrogen and oxygen atoms in total. The van der Waals surface area contributed by atoms with Crippen LogP contribution < -0.4 is 15.6 Å². The van der Waals surface area contributed by atoms with Gasteiger partial charge >= 0.3 is 6.18 Å². The number of ether oxygens (including phenoxy) is 2. The molecular formula is C40H34F4N6O4. The van der Waals surface area contributed by atoms with E-state index in [9.17, 15) is 27.9 Å². The van der Waals surface area contributed by atoms with Gasteiger partial charge in [-0.25, -0.2) is 14.8 Å². The molecular weight excluding hydrogens is 704 g/mol. The van der Waals surface area contributed by atoms with Gasteiger partial charge in [-0.2, -0.15) is 13.2 Å². The van der Waals surface area contributed by atoms with Crippen molar-refractivity contribution in [2.75, 3.05) is 13.2 Å². The number of azide groups is 1. The first-order chi connectivity index (χ1) is 26.1. The molecule has 6 rings (SSSR count). The number of rotatable bonds is 14. The largest absolute Gasteiger partial charge is 0.494 e. The van der Waals surface area contributed by atoms with Crippen LogP contribution in [0.15, 0.2) is 131 Å². The zero-order valence-electron chi connectivity index (χ0n) is 28.6. The number of nitrogens with one attached hydrogen (secondary N) is 2. The van der Waals surface area contributed by atoms with Crippen LogP contribution in [0.4, 0.5) is 23.2 Å². The van der Waals surface area contributed by atoms with Crippen LogP contribution in [-0.4, -0.2) is 35.7 Å². The van der Waals surface area contributed by atoms with E-state index in [1.807, 2.05) is 54.6 Å². The molecule has 1 aliphatic rings. The van der Waals surface area contributed by atoms with Crippen LogP contribution in [0.3, 0.4) is 0 Å². The third kappa shape index (κ3) is 8.69. The predicted octanol–water partition coefficient (Wildman–Crippen LogP) is 8.54. The highest BCUT2D eigenvalue weighted by Crippen LogP contribution is 2.44. The Hall–Kier alpha value is -6.21. The summed E-state index contributed by atoms with van der Waals surface area (Å²) < 4.78 is 66.6. The Labute approximate surface area is 307 Å². The molecule has 276 valence electrons. The molecule has 14 heteroatoms. The fourth-order valence-corrected chi connectivity index (χ4v) is 6.11. The van der Waals surface area contributed by atoms with Crippen molar-refractivity contribution in [1.82, 2.24) is 10.9 Å². The number of aliphatic imine (C=N–C) groups is 1. The van der Waals surface area contributed by atoms with Crippen molar-refractivity contribution in [2.24, 2.45) is 10.1 Å². The Morgan fingerprint density at radius 2 is 1.61 bits per heavy atom. The molecule has 2 atom stereocenters. The molecule has 3 N–H and O–H groups in total. The third-order valence-electron chi connectivity index (χ3n) is 8.73. The minimum Gasteiger partial charge on any atom is -0.494 e. The minimum atomic E-state index is -4.78. The minimum absolute atomic E-state index is 0.0188. The van der Waals surface area contributed by atoms with Crippen LogP contribution in [0.2, 0.25) is 0 Å². The average Bonchev–Trinajstić information content (AvgIpc) is 3.56. The number of alkyl halides is 3. The lowest BCUT2D eigenvalue weighted by Gasteiger charge is -2.31. The standard InChI is InChI=1S/C40H34F4N6O4/c41-33-22-26(21-32(23-33)40(42,43)44)25-46-49-38(52)39(24-31-9-4-5-10-35(31)48-50-45)36(29-13-11-28(12-14-29)27-7-2-1-3-8-27)54-37(47-39)30-15-17-34(18-16-30)53-20-6-19-51/h1-5,7-18,21-23,36,46,51H,6,19-20,24-25H2,(H,49,52)/t36-,39-/m0/s1. The van der Waals surface area contributed by atoms with Gasteiger partial charge in [-0.05, 0) is 75.8 Å². The Kier molecular flexibility index (Phi) is 11.6. The smallest absolute Gasteiger partial charge is 0.416 e. The number of carbonyl (C=O) groups is 1. The maximum atomic E-state index is 14.6. The summed E-state index contributed by atoms with van der Waals surface area (Å²) in [6, 6.07) is 32.8. The topological polar surface area (TPSA) is 141 Å². The van der Waals surface area contributed by atoms with Crippen molar-refractivity contribution in [1.29, 1.82) is 0 Å². The van der Waals surface area contributed by atoms with Gasteiger partial charge in [-0.15, -0.1) is 0 Å². The molecule has 1 amide bonds. The Morgan fingerprint density at radius 3 is 2.31 bits per heavy atom. The summed E-state index contributed by atoms with van der Waals surface area (Å²) in [6.45, 7) is -0.0684. The van der Waals surface area contributed by atoms with Crippen LogP contribution >= 0.6 is 0 Å². The molecule has 0 fully saturated rings. The highest BCUT2D eigenvalue weighted by molar-refractivity contribution is 6.01. The molecule has 0 spiro atoms. The molecule has 0 saturated heterocycles. The normalized spacial score (nSPS) is 16.5. The summed E-state index contributed by atoms with van der Waals surface area (Å²) in [5, 5.41) is 12.9. The summed E-state index contributed by atoms with van der Waals surface area (Å²) in [5.41, 5.74) is 15.2. The maximum Gasteiger partial charge on any atom is 0.416 e. The maximum absolute atomic E-state index is 14.6. The van der Waals surface area contributed by atoms with Gasteiger partial charge in [0, 0.05) is 42.2 Å². The first-order valence-corrected chi connectivity index (χ1v) is 16.9. The van der Waals surface area contributed by atoms with Crippen LogP contribution in [0.25, 0.3) is 21.6 Å². The monoisotopic (exact) mass is 738 g/mol. The number of benzene rings is 5. The van der Waals surface area contributed by atoms with Crippen molar-refractivity contribution in [3.63, 3.8) is 0 Å². The second-order valence-electron chi connectivity index (χ2n) is 12.4. The van der Waals surface area contributed by atoms with E-state index in [4.69, 9.17) is 19.6 Å². The second kappa shape index (κ2) is 16.6. The van der Waals surface area contributed by atoms with Gasteiger partial charge in [0.05, 0.1) is 12.2 Å². The van der Waals surface area contributed by atoms with E-state index in [2.05, 4.69) is 20.9 Å². The van der Waals surface area contributed by atoms with E-state index < -0.39 is 35.1 Å². The number of aliphatic hydroxyl groups is 1. The third-order valence-corrected chi connectivity index (χ3v) is 8.73. The molecule has 5 aromatic rings. The summed E-state index contributed by atoms with van der Waals surface area (Å²) in [4.78, 5) is 22.5. The van der Waals surface area contributed by atoms with Gasteiger partial charge in [0.15, 0.2) is 11.6 Å². The molecule has 0 radical (unpaired) electrons. The van der Waals surface area contributed by atoms with Crippen molar-refractivity contribution in [2.45, 2.75) is 37.2 Å². The van der Waals surface area contributed by atoms with E-state index in [0.717, 1.165) is 23.3 Å². The number of amides is 1. The number of hydrogen-bond acceptors (Lipinski definition) is 7. The van der Waals surface area contributed by atoms with Gasteiger partial charge in [-0.3, -0.25) is 10.2 Å². The van der Waals surface area contributed by atoms with Crippen LogP contribution in [0.5, 0.6) is 5.75 Å². The number of hydrazine groups is 1. The van der Waals surface area contributed by atoms with Gasteiger partial charge in [0.25, 0.3) is 5.91 Å². The van der Waals surface area contributed by atoms with E-state index in [0.29, 0.717) is 41.5 Å². The molecule has 0 aromatic heterocycles. The zero-order chi connectivity index (χ0) is 38.1. The van der Waals surface area contributed by atoms with Crippen molar-refractivity contribution in [3.05, 3.63) is 165 Å². The van der Waals surface area contributed by atoms with Gasteiger partial charge in [0.1, 0.15) is 11.6 Å². The first kappa shape index (κ1) is 37.5. The van der Waals surface area contributed by atoms with E-state index in [-0.39, 0.29) is 36.7 Å². The lowest BCUT2D eigenvalue weighted by molar-refractivity contribution is -0.138. The molecule has 1 aliphatic heterocycles. The number of aliphatic hydroxyl groups excluding tert-OH is 1. The number of carbonyl (C=O) groups excluding carboxylic acids is 1. The number of halogens is 4. The summed E-state index contributed by atoms with van der Waals surface area (Å²) >= 11 is 0. The van der Waals surface area contributed by atoms with E-state index in [1.165, 1.54) is 0 Å². The van der Waals surface area contributed by atoms with Gasteiger partial charge in [-0.1, -0.05) is 84.0 Å². The zero-order valence-corrected chi connectivity index (χ0v) is 28.6. The molecule has 5 aromatic carbocycles. The molecule has 0 saturated carbocycles. The van der Waals surface area contributed by atoms with Crippen molar-refractivity contribution in [3.8, 4) is 16.9 Å². The second-order valence-corrected chi connectivity index (χ2v) is 12.4.